The highest BCUT2D eigenvalue weighted by Crippen LogP contribution is 2.29. The highest BCUT2D eigenvalue weighted by atomic mass is 32.2. The number of anilines is 1. The molecule has 0 atom stereocenters. The Kier molecular flexibility index (Phi) is 11.4. The number of nitrogens with zero attached hydrogens (tertiary/aromatic N) is 5. The second-order valence-corrected chi connectivity index (χ2v) is 14.8. The van der Waals surface area contributed by atoms with Crippen molar-refractivity contribution in [2.45, 2.75) is 77.3 Å². The summed E-state index contributed by atoms with van der Waals surface area (Å²) in [5, 5.41) is 0. The lowest BCUT2D eigenvalue weighted by Crippen LogP contribution is -2.40. The van der Waals surface area contributed by atoms with Crippen LogP contribution in [0.15, 0.2) is 102 Å². The summed E-state index contributed by atoms with van der Waals surface area (Å²) in [6.07, 6.45) is 8.59. The van der Waals surface area contributed by atoms with Crippen LogP contribution in [0.25, 0.3) is 11.1 Å². The molecule has 0 unspecified atom stereocenters. The van der Waals surface area contributed by atoms with Crippen LogP contribution >= 0.6 is 0 Å². The van der Waals surface area contributed by atoms with Gasteiger partial charge in [0.1, 0.15) is 11.5 Å². The van der Waals surface area contributed by atoms with Crippen LogP contribution in [-0.4, -0.2) is 51.7 Å². The third kappa shape index (κ3) is 8.58. The predicted molar refractivity (Wildman–Crippen MR) is 196 cm³/mol. The molecule has 3 heterocycles. The molecular formula is C39H44N6O4S. The smallest absolute Gasteiger partial charge is 0.259 e. The Morgan fingerprint density at radius 3 is 2.20 bits per heavy atom. The molecule has 2 aromatic carbocycles. The first kappa shape index (κ1) is 36.3. The summed E-state index contributed by atoms with van der Waals surface area (Å²) in [7, 11) is -3.76. The van der Waals surface area contributed by atoms with Gasteiger partial charge in [-0.25, -0.2) is 18.1 Å². The number of carbonyl (C=O) groups excluding carboxylic acids is 2. The number of benzene rings is 2. The largest absolute Gasteiger partial charge is 0.321 e. The Balaban J connectivity index is 1.43. The molecule has 1 amide bonds. The second kappa shape index (κ2) is 15.7. The van der Waals surface area contributed by atoms with Gasteiger partial charge < -0.3 is 9.47 Å². The first-order valence-corrected chi connectivity index (χ1v) is 18.4. The SMILES string of the molecule is CCCc1nc(CC)c(C(=O)CCN(C(=O)c2cccnc2)c2cccnc2)n1Cc1ccc(-c2ccccc2S(=O)(=O)NC(C)(C)C)cc1. The lowest BCUT2D eigenvalue weighted by molar-refractivity contribution is 0.0961. The van der Waals surface area contributed by atoms with E-state index in [0.29, 0.717) is 41.9 Å². The number of imidazole rings is 1. The number of amides is 1. The fourth-order valence-electron chi connectivity index (χ4n) is 5.90. The van der Waals surface area contributed by atoms with Gasteiger partial charge in [-0.1, -0.05) is 56.3 Å². The number of pyridine rings is 2. The number of hydrogen-bond acceptors (Lipinski definition) is 7. The van der Waals surface area contributed by atoms with E-state index in [0.717, 1.165) is 29.1 Å². The minimum atomic E-state index is -3.76. The number of carbonyl (C=O) groups is 2. The van der Waals surface area contributed by atoms with Gasteiger partial charge in [-0.15, -0.1) is 0 Å². The number of sulfonamides is 1. The molecule has 0 saturated heterocycles. The molecule has 3 aromatic heterocycles. The van der Waals surface area contributed by atoms with Crippen molar-refractivity contribution in [1.29, 1.82) is 0 Å². The van der Waals surface area contributed by atoms with E-state index >= 15 is 0 Å². The Labute approximate surface area is 294 Å². The Morgan fingerprint density at radius 2 is 1.58 bits per heavy atom. The highest BCUT2D eigenvalue weighted by Gasteiger charge is 2.26. The van der Waals surface area contributed by atoms with Crippen LogP contribution in [-0.2, 0) is 29.4 Å². The van der Waals surface area contributed by atoms with E-state index in [1.165, 1.54) is 6.20 Å². The van der Waals surface area contributed by atoms with E-state index < -0.39 is 15.6 Å². The van der Waals surface area contributed by atoms with Gasteiger partial charge in [-0.2, -0.15) is 0 Å². The highest BCUT2D eigenvalue weighted by molar-refractivity contribution is 7.89. The van der Waals surface area contributed by atoms with Crippen LogP contribution in [0.3, 0.4) is 0 Å². The fourth-order valence-corrected chi connectivity index (χ4v) is 7.55. The maximum atomic E-state index is 14.1. The minimum Gasteiger partial charge on any atom is -0.321 e. The van der Waals surface area contributed by atoms with E-state index in [2.05, 4.69) is 21.6 Å². The van der Waals surface area contributed by atoms with Crippen LogP contribution in [0.4, 0.5) is 5.69 Å². The number of nitrogens with one attached hydrogen (secondary N) is 1. The van der Waals surface area contributed by atoms with Gasteiger partial charge in [0.05, 0.1) is 28.0 Å². The van der Waals surface area contributed by atoms with E-state index in [-0.39, 0.29) is 29.6 Å². The van der Waals surface area contributed by atoms with E-state index in [4.69, 9.17) is 4.98 Å². The standard InChI is InChI=1S/C39H44N6O4S/c1-6-12-36-42-33(7-2)37(34(46)21-24-44(31-14-11-23-41-26-31)38(47)30-13-10-22-40-25-30)45(36)27-28-17-19-29(20-18-28)32-15-8-9-16-35(32)50(48,49)43-39(3,4)5/h8-11,13-20,22-23,25-26,43H,6-7,12,21,24,27H2,1-5H3. The van der Waals surface area contributed by atoms with Crippen molar-refractivity contribution in [1.82, 2.24) is 24.2 Å². The van der Waals surface area contributed by atoms with E-state index in [9.17, 15) is 18.0 Å². The number of aryl methyl sites for hydroxylation is 2. The predicted octanol–water partition coefficient (Wildman–Crippen LogP) is 6.90. The topological polar surface area (TPSA) is 127 Å². The van der Waals surface area contributed by atoms with Crippen LogP contribution in [0.1, 0.15) is 85.4 Å². The summed E-state index contributed by atoms with van der Waals surface area (Å²) in [6.45, 7) is 10.1. The number of Topliss-reactive ketones (excluding diaryl/α,β-unsaturated/α-hetero) is 1. The monoisotopic (exact) mass is 692 g/mol. The number of aromatic nitrogens is 4. The molecule has 0 bridgehead atoms. The van der Waals surface area contributed by atoms with Gasteiger partial charge >= 0.3 is 0 Å². The molecule has 50 heavy (non-hydrogen) atoms. The molecule has 0 aliphatic heterocycles. The van der Waals surface area contributed by atoms with Crippen molar-refractivity contribution in [2.75, 3.05) is 11.4 Å². The van der Waals surface area contributed by atoms with Crippen molar-refractivity contribution >= 4 is 27.4 Å². The molecular weight excluding hydrogens is 649 g/mol. The third-order valence-corrected chi connectivity index (χ3v) is 9.90. The van der Waals surface area contributed by atoms with Crippen molar-refractivity contribution in [3.8, 4) is 11.1 Å². The summed E-state index contributed by atoms with van der Waals surface area (Å²) >= 11 is 0. The number of ketones is 1. The van der Waals surface area contributed by atoms with Crippen LogP contribution in [0.5, 0.6) is 0 Å². The summed E-state index contributed by atoms with van der Waals surface area (Å²) in [5.41, 5.74) is 3.97. The zero-order valence-corrected chi connectivity index (χ0v) is 30.1. The third-order valence-electron chi connectivity index (χ3n) is 8.09. The average molecular weight is 693 g/mol. The molecule has 0 aliphatic rings. The summed E-state index contributed by atoms with van der Waals surface area (Å²) < 4.78 is 31.3. The summed E-state index contributed by atoms with van der Waals surface area (Å²) in [5.74, 6) is 0.460. The first-order chi connectivity index (χ1) is 23.9. The molecule has 0 saturated carbocycles. The molecule has 5 aromatic rings. The fraction of sp³-hybridized carbons (Fsp3) is 0.308. The van der Waals surface area contributed by atoms with Crippen LogP contribution in [0, 0.1) is 0 Å². The van der Waals surface area contributed by atoms with Gasteiger partial charge in [0.2, 0.25) is 10.0 Å². The number of hydrogen-bond donors (Lipinski definition) is 1. The van der Waals surface area contributed by atoms with Gasteiger partial charge in [-0.05, 0) is 75.1 Å². The number of rotatable bonds is 14. The van der Waals surface area contributed by atoms with E-state index in [1.807, 2.05) is 62.6 Å². The molecule has 10 nitrogen and oxygen atoms in total. The molecule has 0 spiro atoms. The maximum absolute atomic E-state index is 14.1. The average Bonchev–Trinajstić information content (AvgIpc) is 3.45. The van der Waals surface area contributed by atoms with Gasteiger partial charge in [-0.3, -0.25) is 19.6 Å². The normalized spacial score (nSPS) is 11.8. The summed E-state index contributed by atoms with van der Waals surface area (Å²) in [6, 6.07) is 21.7. The molecule has 0 fully saturated rings. The Morgan fingerprint density at radius 1 is 0.880 bits per heavy atom. The molecule has 11 heteroatoms. The molecule has 5 rings (SSSR count). The van der Waals surface area contributed by atoms with Crippen molar-refractivity contribution in [3.05, 3.63) is 126 Å². The van der Waals surface area contributed by atoms with E-state index in [1.54, 1.807) is 66.0 Å². The Hall–Kier alpha value is -5.00. The molecule has 260 valence electrons. The van der Waals surface area contributed by atoms with Gasteiger partial charge in [0.15, 0.2) is 5.78 Å². The van der Waals surface area contributed by atoms with Crippen LogP contribution < -0.4 is 9.62 Å². The minimum absolute atomic E-state index is 0.0813. The second-order valence-electron chi connectivity index (χ2n) is 13.1. The molecule has 0 aliphatic carbocycles. The quantitative estimate of drug-likeness (QED) is 0.126. The lowest BCUT2D eigenvalue weighted by atomic mass is 10.0. The Bertz CT molecular complexity index is 2040. The van der Waals surface area contributed by atoms with Crippen LogP contribution in [0.2, 0.25) is 0 Å². The summed E-state index contributed by atoms with van der Waals surface area (Å²) in [4.78, 5) is 42.7. The van der Waals surface area contributed by atoms with Crippen molar-refractivity contribution < 1.29 is 18.0 Å². The van der Waals surface area contributed by atoms with Gasteiger partial charge in [0.25, 0.3) is 5.91 Å². The first-order valence-electron chi connectivity index (χ1n) is 16.9. The zero-order valence-electron chi connectivity index (χ0n) is 29.3. The van der Waals surface area contributed by atoms with Gasteiger partial charge in [0, 0.05) is 55.6 Å². The van der Waals surface area contributed by atoms with Crippen molar-refractivity contribution in [3.63, 3.8) is 0 Å². The molecule has 0 radical (unpaired) electrons. The molecule has 1 N–H and O–H groups in total. The maximum Gasteiger partial charge on any atom is 0.259 e. The lowest BCUT2D eigenvalue weighted by Gasteiger charge is -2.22. The zero-order chi connectivity index (χ0) is 35.9. The van der Waals surface area contributed by atoms with Crippen molar-refractivity contribution in [2.24, 2.45) is 0 Å².